The molecule has 0 bridgehead atoms. The number of rotatable bonds is 3. The average Bonchev–Trinajstić information content (AvgIpc) is 2.75. The monoisotopic (exact) mass is 277 g/mol. The van der Waals surface area contributed by atoms with E-state index in [2.05, 4.69) is 14.9 Å². The lowest BCUT2D eigenvalue weighted by molar-refractivity contribution is 0.0696. The van der Waals surface area contributed by atoms with E-state index in [4.69, 9.17) is 5.11 Å². The number of aryl methyl sites for hydroxylation is 2. The largest absolute Gasteiger partial charge is 0.478 e. The van der Waals surface area contributed by atoms with Gasteiger partial charge in [-0.05, 0) is 49.1 Å². The fourth-order valence-electron chi connectivity index (χ4n) is 1.61. The molecule has 0 aliphatic carbocycles. The van der Waals surface area contributed by atoms with Crippen LogP contribution in [0.4, 0.5) is 5.69 Å². The molecule has 0 radical (unpaired) electrons. The summed E-state index contributed by atoms with van der Waals surface area (Å²) in [4.78, 5) is 23.3. The van der Waals surface area contributed by atoms with Gasteiger partial charge in [-0.15, -0.1) is 5.10 Å². The summed E-state index contributed by atoms with van der Waals surface area (Å²) < 4.78 is 3.69. The van der Waals surface area contributed by atoms with Crippen molar-refractivity contribution in [1.82, 2.24) is 9.59 Å². The maximum absolute atomic E-state index is 11.9. The molecule has 0 saturated heterocycles. The van der Waals surface area contributed by atoms with Crippen LogP contribution >= 0.6 is 11.5 Å². The Morgan fingerprint density at radius 2 is 2.05 bits per heavy atom. The van der Waals surface area contributed by atoms with Crippen molar-refractivity contribution >= 4 is 29.1 Å². The molecule has 0 aliphatic rings. The number of benzene rings is 1. The number of carbonyl (C=O) groups excluding carboxylic acids is 1. The molecule has 7 heteroatoms. The third-order valence-corrected chi connectivity index (χ3v) is 3.40. The molecule has 0 fully saturated rings. The standard InChI is InChI=1S/C12H11N3O3S/c1-6-5-8(3-4-9(6)12(17)18)13-11(16)10-7(2)14-15-19-10/h3-5H,1-2H3,(H,13,16)(H,17,18). The summed E-state index contributed by atoms with van der Waals surface area (Å²) >= 11 is 1.02. The Kier molecular flexibility index (Phi) is 3.57. The van der Waals surface area contributed by atoms with E-state index in [1.165, 1.54) is 6.07 Å². The highest BCUT2D eigenvalue weighted by atomic mass is 32.1. The molecule has 0 saturated carbocycles. The number of nitrogens with one attached hydrogen (secondary N) is 1. The highest BCUT2D eigenvalue weighted by Gasteiger charge is 2.14. The molecule has 1 heterocycles. The third-order valence-electron chi connectivity index (χ3n) is 2.57. The highest BCUT2D eigenvalue weighted by Crippen LogP contribution is 2.17. The van der Waals surface area contributed by atoms with Gasteiger partial charge in [-0.25, -0.2) is 4.79 Å². The van der Waals surface area contributed by atoms with Gasteiger partial charge in [-0.3, -0.25) is 4.79 Å². The van der Waals surface area contributed by atoms with Gasteiger partial charge in [0.05, 0.1) is 11.3 Å². The molecule has 0 aliphatic heterocycles. The molecule has 2 aromatic rings. The van der Waals surface area contributed by atoms with Crippen LogP contribution in [-0.2, 0) is 0 Å². The Morgan fingerprint density at radius 1 is 1.32 bits per heavy atom. The number of aromatic nitrogens is 2. The zero-order valence-electron chi connectivity index (χ0n) is 10.3. The Labute approximate surface area is 113 Å². The SMILES string of the molecule is Cc1cc(NC(=O)c2snnc2C)ccc1C(=O)O. The Balaban J connectivity index is 2.21. The predicted octanol–water partition coefficient (Wildman–Crippen LogP) is 2.11. The smallest absolute Gasteiger partial charge is 0.335 e. The van der Waals surface area contributed by atoms with E-state index < -0.39 is 5.97 Å². The van der Waals surface area contributed by atoms with Gasteiger partial charge in [0.25, 0.3) is 5.91 Å². The molecular formula is C12H11N3O3S. The van der Waals surface area contributed by atoms with E-state index in [1.54, 1.807) is 26.0 Å². The van der Waals surface area contributed by atoms with Gasteiger partial charge in [0.1, 0.15) is 4.88 Å². The first kappa shape index (κ1) is 13.2. The fraction of sp³-hybridized carbons (Fsp3) is 0.167. The van der Waals surface area contributed by atoms with Crippen molar-refractivity contribution in [2.24, 2.45) is 0 Å². The van der Waals surface area contributed by atoms with Crippen molar-refractivity contribution in [1.29, 1.82) is 0 Å². The Hall–Kier alpha value is -2.28. The lowest BCUT2D eigenvalue weighted by atomic mass is 10.1. The molecule has 2 N–H and O–H groups in total. The van der Waals surface area contributed by atoms with E-state index in [-0.39, 0.29) is 11.5 Å². The van der Waals surface area contributed by atoms with Gasteiger partial charge in [-0.2, -0.15) is 0 Å². The topological polar surface area (TPSA) is 92.2 Å². The first-order valence-electron chi connectivity index (χ1n) is 5.43. The zero-order chi connectivity index (χ0) is 14.0. The van der Waals surface area contributed by atoms with Crippen LogP contribution in [0.1, 0.15) is 31.3 Å². The summed E-state index contributed by atoms with van der Waals surface area (Å²) in [6.07, 6.45) is 0. The van der Waals surface area contributed by atoms with E-state index in [9.17, 15) is 9.59 Å². The average molecular weight is 277 g/mol. The minimum absolute atomic E-state index is 0.216. The summed E-state index contributed by atoms with van der Waals surface area (Å²) in [5.41, 5.74) is 1.92. The summed E-state index contributed by atoms with van der Waals surface area (Å²) in [5, 5.41) is 15.4. The lowest BCUT2D eigenvalue weighted by Crippen LogP contribution is -2.12. The Bertz CT molecular complexity index is 651. The second-order valence-corrected chi connectivity index (χ2v) is 4.73. The van der Waals surface area contributed by atoms with Crippen LogP contribution in [0.25, 0.3) is 0 Å². The van der Waals surface area contributed by atoms with E-state index in [0.29, 0.717) is 21.8 Å². The van der Waals surface area contributed by atoms with Crippen LogP contribution in [0.2, 0.25) is 0 Å². The first-order valence-corrected chi connectivity index (χ1v) is 6.20. The van der Waals surface area contributed by atoms with Crippen molar-refractivity contribution in [3.8, 4) is 0 Å². The molecule has 0 atom stereocenters. The van der Waals surface area contributed by atoms with Crippen LogP contribution in [0, 0.1) is 13.8 Å². The number of aromatic carboxylic acids is 1. The summed E-state index contributed by atoms with van der Waals surface area (Å²) in [7, 11) is 0. The molecule has 1 aromatic carbocycles. The number of carboxylic acid groups (broad SMARTS) is 1. The molecule has 6 nitrogen and oxygen atoms in total. The molecule has 19 heavy (non-hydrogen) atoms. The second kappa shape index (κ2) is 5.15. The number of hydrogen-bond acceptors (Lipinski definition) is 5. The zero-order valence-corrected chi connectivity index (χ0v) is 11.1. The minimum Gasteiger partial charge on any atom is -0.478 e. The van der Waals surface area contributed by atoms with Gasteiger partial charge in [0.15, 0.2) is 0 Å². The van der Waals surface area contributed by atoms with Crippen molar-refractivity contribution < 1.29 is 14.7 Å². The maximum Gasteiger partial charge on any atom is 0.335 e. The number of carbonyl (C=O) groups is 2. The van der Waals surface area contributed by atoms with Gasteiger partial charge in [0, 0.05) is 5.69 Å². The number of hydrogen-bond donors (Lipinski definition) is 2. The van der Waals surface area contributed by atoms with Crippen LogP contribution < -0.4 is 5.32 Å². The van der Waals surface area contributed by atoms with Crippen molar-refractivity contribution in [2.75, 3.05) is 5.32 Å². The summed E-state index contributed by atoms with van der Waals surface area (Å²) in [6, 6.07) is 4.63. The molecule has 0 unspecified atom stereocenters. The van der Waals surface area contributed by atoms with E-state index in [1.807, 2.05) is 0 Å². The van der Waals surface area contributed by atoms with E-state index >= 15 is 0 Å². The summed E-state index contributed by atoms with van der Waals surface area (Å²) in [6.45, 7) is 3.38. The lowest BCUT2D eigenvalue weighted by Gasteiger charge is -2.06. The molecule has 1 amide bonds. The second-order valence-electron chi connectivity index (χ2n) is 3.98. The fourth-order valence-corrected chi connectivity index (χ4v) is 2.16. The minimum atomic E-state index is -0.988. The normalized spacial score (nSPS) is 10.2. The number of nitrogens with zero attached hydrogens (tertiary/aromatic N) is 2. The van der Waals surface area contributed by atoms with E-state index in [0.717, 1.165) is 11.5 Å². The highest BCUT2D eigenvalue weighted by molar-refractivity contribution is 7.08. The van der Waals surface area contributed by atoms with Crippen molar-refractivity contribution in [2.45, 2.75) is 13.8 Å². The van der Waals surface area contributed by atoms with Gasteiger partial charge in [-0.1, -0.05) is 4.49 Å². The van der Waals surface area contributed by atoms with Gasteiger partial charge < -0.3 is 10.4 Å². The predicted molar refractivity (Wildman–Crippen MR) is 70.7 cm³/mol. The van der Waals surface area contributed by atoms with Crippen LogP contribution in [0.15, 0.2) is 18.2 Å². The molecule has 0 spiro atoms. The van der Waals surface area contributed by atoms with Crippen molar-refractivity contribution in [3.05, 3.63) is 39.9 Å². The van der Waals surface area contributed by atoms with Crippen LogP contribution in [0.3, 0.4) is 0 Å². The maximum atomic E-state index is 11.9. The van der Waals surface area contributed by atoms with Crippen LogP contribution in [0.5, 0.6) is 0 Å². The molecule has 1 aromatic heterocycles. The molecule has 98 valence electrons. The van der Waals surface area contributed by atoms with Crippen molar-refractivity contribution in [3.63, 3.8) is 0 Å². The first-order chi connectivity index (χ1) is 8.99. The number of anilines is 1. The number of carboxylic acids is 1. The Morgan fingerprint density at radius 3 is 2.58 bits per heavy atom. The quantitative estimate of drug-likeness (QED) is 0.896. The third kappa shape index (κ3) is 2.76. The number of amides is 1. The molecule has 2 rings (SSSR count). The van der Waals surface area contributed by atoms with Gasteiger partial charge in [0.2, 0.25) is 0 Å². The molecular weight excluding hydrogens is 266 g/mol. The van der Waals surface area contributed by atoms with Crippen LogP contribution in [-0.4, -0.2) is 26.6 Å². The van der Waals surface area contributed by atoms with Gasteiger partial charge >= 0.3 is 5.97 Å². The summed E-state index contributed by atoms with van der Waals surface area (Å²) in [5.74, 6) is -1.28.